The maximum Gasteiger partial charge on any atom is 0.311 e. The van der Waals surface area contributed by atoms with E-state index in [-0.39, 0.29) is 16.6 Å². The minimum absolute atomic E-state index is 0.228. The first-order chi connectivity index (χ1) is 8.43. The number of rotatable bonds is 6. The molecule has 0 fully saturated rings. The average Bonchev–Trinajstić information content (AvgIpc) is 2.29. The molecular weight excluding hydrogens is 256 g/mol. The van der Waals surface area contributed by atoms with Gasteiger partial charge in [-0.05, 0) is 30.7 Å². The van der Waals surface area contributed by atoms with Gasteiger partial charge in [0, 0.05) is 6.42 Å². The predicted molar refractivity (Wildman–Crippen MR) is 66.0 cm³/mol. The van der Waals surface area contributed by atoms with E-state index in [1.807, 2.05) is 6.92 Å². The molecule has 0 atom stereocenters. The summed E-state index contributed by atoms with van der Waals surface area (Å²) in [6, 6.07) is 5.04. The monoisotopic (exact) mass is 272 g/mol. The summed E-state index contributed by atoms with van der Waals surface area (Å²) in [7, 11) is -4.21. The first-order valence-corrected chi connectivity index (χ1v) is 7.15. The van der Waals surface area contributed by atoms with Gasteiger partial charge in [0.2, 0.25) is 0 Å². The average molecular weight is 272 g/mol. The SMILES string of the molecule is CCCCCC(=O)Oc1ccc(S(=O)(=O)O)cc1. The summed E-state index contributed by atoms with van der Waals surface area (Å²) < 4.78 is 35.4. The molecule has 0 aromatic heterocycles. The van der Waals surface area contributed by atoms with Crippen molar-refractivity contribution in [2.45, 2.75) is 37.5 Å². The zero-order valence-corrected chi connectivity index (χ0v) is 10.9. The predicted octanol–water partition coefficient (Wildman–Crippen LogP) is 2.42. The van der Waals surface area contributed by atoms with Crippen LogP contribution in [-0.2, 0) is 14.9 Å². The summed E-state index contributed by atoms with van der Waals surface area (Å²) in [4.78, 5) is 11.2. The summed E-state index contributed by atoms with van der Waals surface area (Å²) in [5.74, 6) is -0.0769. The van der Waals surface area contributed by atoms with Crippen molar-refractivity contribution in [1.82, 2.24) is 0 Å². The number of unbranched alkanes of at least 4 members (excludes halogenated alkanes) is 2. The van der Waals surface area contributed by atoms with Crippen LogP contribution in [0.3, 0.4) is 0 Å². The zero-order chi connectivity index (χ0) is 13.6. The molecule has 1 aromatic carbocycles. The van der Waals surface area contributed by atoms with Gasteiger partial charge in [-0.2, -0.15) is 8.42 Å². The first kappa shape index (κ1) is 14.7. The van der Waals surface area contributed by atoms with Crippen molar-refractivity contribution < 1.29 is 22.5 Å². The molecule has 1 aromatic rings. The first-order valence-electron chi connectivity index (χ1n) is 5.71. The van der Waals surface area contributed by atoms with Gasteiger partial charge in [0.1, 0.15) is 5.75 Å². The van der Waals surface area contributed by atoms with Crippen LogP contribution in [-0.4, -0.2) is 18.9 Å². The van der Waals surface area contributed by atoms with E-state index in [1.54, 1.807) is 0 Å². The molecule has 0 heterocycles. The number of esters is 1. The topological polar surface area (TPSA) is 80.7 Å². The Morgan fingerprint density at radius 3 is 2.33 bits per heavy atom. The van der Waals surface area contributed by atoms with Crippen molar-refractivity contribution in [2.24, 2.45) is 0 Å². The van der Waals surface area contributed by atoms with Crippen LogP contribution in [0.1, 0.15) is 32.6 Å². The molecule has 0 unspecified atom stereocenters. The van der Waals surface area contributed by atoms with Crippen molar-refractivity contribution in [3.05, 3.63) is 24.3 Å². The lowest BCUT2D eigenvalue weighted by Crippen LogP contribution is -2.07. The molecule has 0 aliphatic carbocycles. The molecule has 1 rings (SSSR count). The molecule has 0 amide bonds. The Hall–Kier alpha value is -1.40. The zero-order valence-electron chi connectivity index (χ0n) is 10.1. The third kappa shape index (κ3) is 4.85. The Balaban J connectivity index is 2.56. The maximum atomic E-state index is 11.4. The van der Waals surface area contributed by atoms with Crippen molar-refractivity contribution in [3.63, 3.8) is 0 Å². The minimum atomic E-state index is -4.21. The van der Waals surface area contributed by atoms with Gasteiger partial charge in [0.25, 0.3) is 10.1 Å². The van der Waals surface area contributed by atoms with Gasteiger partial charge in [-0.3, -0.25) is 9.35 Å². The van der Waals surface area contributed by atoms with E-state index < -0.39 is 10.1 Å². The van der Waals surface area contributed by atoms with Gasteiger partial charge >= 0.3 is 5.97 Å². The normalized spacial score (nSPS) is 11.2. The van der Waals surface area contributed by atoms with Crippen molar-refractivity contribution in [2.75, 3.05) is 0 Å². The lowest BCUT2D eigenvalue weighted by molar-refractivity contribution is -0.134. The van der Waals surface area contributed by atoms with Crippen molar-refractivity contribution >= 4 is 16.1 Å². The van der Waals surface area contributed by atoms with Crippen molar-refractivity contribution in [1.29, 1.82) is 0 Å². The van der Waals surface area contributed by atoms with Gasteiger partial charge in [0.05, 0.1) is 4.90 Å². The highest BCUT2D eigenvalue weighted by Gasteiger charge is 2.10. The van der Waals surface area contributed by atoms with Crippen LogP contribution < -0.4 is 4.74 Å². The highest BCUT2D eigenvalue weighted by molar-refractivity contribution is 7.85. The number of hydrogen-bond donors (Lipinski definition) is 1. The second-order valence-corrected chi connectivity index (χ2v) is 5.30. The van der Waals surface area contributed by atoms with E-state index in [2.05, 4.69) is 0 Å². The molecule has 0 radical (unpaired) electrons. The van der Waals surface area contributed by atoms with E-state index in [0.29, 0.717) is 6.42 Å². The summed E-state index contributed by atoms with van der Waals surface area (Å²) in [6.07, 6.45) is 3.11. The number of hydrogen-bond acceptors (Lipinski definition) is 4. The summed E-state index contributed by atoms with van der Waals surface area (Å²) >= 11 is 0. The van der Waals surface area contributed by atoms with Crippen LogP contribution in [0, 0.1) is 0 Å². The number of benzene rings is 1. The van der Waals surface area contributed by atoms with Crippen LogP contribution in [0.2, 0.25) is 0 Å². The molecule has 0 saturated carbocycles. The molecule has 0 bridgehead atoms. The number of carbonyl (C=O) groups excluding carboxylic acids is 1. The van der Waals surface area contributed by atoms with Gasteiger partial charge in [0.15, 0.2) is 0 Å². The van der Waals surface area contributed by atoms with Crippen LogP contribution in [0.25, 0.3) is 0 Å². The third-order valence-corrected chi connectivity index (χ3v) is 3.21. The van der Waals surface area contributed by atoms with Gasteiger partial charge < -0.3 is 4.74 Å². The molecule has 6 heteroatoms. The number of carbonyl (C=O) groups is 1. The van der Waals surface area contributed by atoms with Crippen LogP contribution in [0.15, 0.2) is 29.2 Å². The Morgan fingerprint density at radius 2 is 1.83 bits per heavy atom. The van der Waals surface area contributed by atoms with E-state index in [4.69, 9.17) is 9.29 Å². The Morgan fingerprint density at radius 1 is 1.22 bits per heavy atom. The van der Waals surface area contributed by atoms with E-state index in [0.717, 1.165) is 19.3 Å². The molecule has 100 valence electrons. The smallest absolute Gasteiger partial charge is 0.311 e. The fourth-order valence-electron chi connectivity index (χ4n) is 1.38. The molecule has 0 aliphatic heterocycles. The molecule has 1 N–H and O–H groups in total. The molecule has 0 saturated heterocycles. The van der Waals surface area contributed by atoms with Crippen molar-refractivity contribution in [3.8, 4) is 5.75 Å². The molecule has 0 aliphatic rings. The lowest BCUT2D eigenvalue weighted by Gasteiger charge is -2.04. The molecule has 18 heavy (non-hydrogen) atoms. The molecule has 5 nitrogen and oxygen atoms in total. The Bertz CT molecular complexity index is 490. The van der Waals surface area contributed by atoms with E-state index in [1.165, 1.54) is 24.3 Å². The number of ether oxygens (including phenoxy) is 1. The minimum Gasteiger partial charge on any atom is -0.427 e. The summed E-state index contributed by atoms with van der Waals surface area (Å²) in [5.41, 5.74) is 0. The van der Waals surface area contributed by atoms with E-state index >= 15 is 0 Å². The third-order valence-electron chi connectivity index (χ3n) is 2.34. The van der Waals surface area contributed by atoms with E-state index in [9.17, 15) is 13.2 Å². The van der Waals surface area contributed by atoms with Crippen LogP contribution >= 0.6 is 0 Å². The van der Waals surface area contributed by atoms with Crippen LogP contribution in [0.4, 0.5) is 0 Å². The lowest BCUT2D eigenvalue weighted by atomic mass is 10.2. The molecular formula is C12H16O5S. The fraction of sp³-hybridized carbons (Fsp3) is 0.417. The second kappa shape index (κ2) is 6.51. The Kier molecular flexibility index (Phi) is 5.30. The highest BCUT2D eigenvalue weighted by Crippen LogP contribution is 2.16. The standard InChI is InChI=1S/C12H16O5S/c1-2-3-4-5-12(13)17-10-6-8-11(9-7-10)18(14,15)16/h6-9H,2-5H2,1H3,(H,14,15,16). The van der Waals surface area contributed by atoms with Gasteiger partial charge in [-0.25, -0.2) is 0 Å². The maximum absolute atomic E-state index is 11.4. The summed E-state index contributed by atoms with van der Waals surface area (Å²) in [6.45, 7) is 2.04. The fourth-order valence-corrected chi connectivity index (χ4v) is 1.86. The highest BCUT2D eigenvalue weighted by atomic mass is 32.2. The quantitative estimate of drug-likeness (QED) is 0.372. The summed E-state index contributed by atoms with van der Waals surface area (Å²) in [5, 5.41) is 0. The largest absolute Gasteiger partial charge is 0.427 e. The van der Waals surface area contributed by atoms with Crippen LogP contribution in [0.5, 0.6) is 5.75 Å². The van der Waals surface area contributed by atoms with Gasteiger partial charge in [-0.15, -0.1) is 0 Å². The molecule has 0 spiro atoms. The second-order valence-electron chi connectivity index (χ2n) is 3.88. The Labute approximate surface area is 107 Å². The van der Waals surface area contributed by atoms with Gasteiger partial charge in [-0.1, -0.05) is 19.8 Å².